The van der Waals surface area contributed by atoms with Crippen LogP contribution in [-0.2, 0) is 16.1 Å². The molecule has 1 aliphatic carbocycles. The van der Waals surface area contributed by atoms with E-state index >= 15 is 4.39 Å². The molecule has 2 amide bonds. The maximum absolute atomic E-state index is 15.2. The van der Waals surface area contributed by atoms with E-state index in [2.05, 4.69) is 15.6 Å². The second kappa shape index (κ2) is 10.9. The van der Waals surface area contributed by atoms with Crippen LogP contribution in [-0.4, -0.2) is 38.6 Å². The highest BCUT2D eigenvalue weighted by atomic mass is 19.1. The van der Waals surface area contributed by atoms with Crippen LogP contribution in [0, 0.1) is 5.82 Å². The number of carbonyl (C=O) groups is 3. The Morgan fingerprint density at radius 2 is 1.68 bits per heavy atom. The molecule has 1 saturated carbocycles. The van der Waals surface area contributed by atoms with Gasteiger partial charge < -0.3 is 5.32 Å². The number of para-hydroxylation sites is 1. The van der Waals surface area contributed by atoms with Crippen LogP contribution < -0.4 is 10.2 Å². The molecule has 0 radical (unpaired) electrons. The van der Waals surface area contributed by atoms with Gasteiger partial charge in [0.2, 0.25) is 11.8 Å². The van der Waals surface area contributed by atoms with Gasteiger partial charge in [0.05, 0.1) is 5.52 Å². The van der Waals surface area contributed by atoms with Crippen molar-refractivity contribution in [1.29, 1.82) is 0 Å². The third-order valence-electron chi connectivity index (χ3n) is 6.93. The molecule has 1 fully saturated rings. The molecule has 4 aromatic rings. The van der Waals surface area contributed by atoms with Crippen molar-refractivity contribution in [3.63, 3.8) is 0 Å². The van der Waals surface area contributed by atoms with Gasteiger partial charge in [0.1, 0.15) is 23.9 Å². The molecule has 1 atom stereocenters. The molecule has 8 nitrogen and oxygen atoms in total. The third-order valence-corrected chi connectivity index (χ3v) is 6.93. The largest absolute Gasteiger partial charge is 0.351 e. The fourth-order valence-electron chi connectivity index (χ4n) is 4.98. The topological polar surface area (TPSA) is 97.2 Å². The van der Waals surface area contributed by atoms with Gasteiger partial charge in [0.15, 0.2) is 5.78 Å². The Morgan fingerprint density at radius 3 is 2.39 bits per heavy atom. The molecule has 3 aromatic carbocycles. The summed E-state index contributed by atoms with van der Waals surface area (Å²) >= 11 is 0. The lowest BCUT2D eigenvalue weighted by atomic mass is 10.0. The van der Waals surface area contributed by atoms with Gasteiger partial charge in [-0.15, -0.1) is 5.10 Å². The summed E-state index contributed by atoms with van der Waals surface area (Å²) in [6.45, 7) is 1.22. The fourth-order valence-corrected chi connectivity index (χ4v) is 4.98. The van der Waals surface area contributed by atoms with Crippen LogP contribution in [0.5, 0.6) is 0 Å². The number of carbonyl (C=O) groups excluding carboxylic acids is 3. The zero-order valence-corrected chi connectivity index (χ0v) is 21.0. The van der Waals surface area contributed by atoms with E-state index < -0.39 is 23.7 Å². The number of ketones is 1. The lowest BCUT2D eigenvalue weighted by Gasteiger charge is -2.32. The second-order valence-electron chi connectivity index (χ2n) is 9.52. The summed E-state index contributed by atoms with van der Waals surface area (Å²) < 4.78 is 16.7. The van der Waals surface area contributed by atoms with E-state index in [0.717, 1.165) is 25.7 Å². The summed E-state index contributed by atoms with van der Waals surface area (Å²) in [7, 11) is 0. The molecule has 1 N–H and O–H groups in total. The van der Waals surface area contributed by atoms with Gasteiger partial charge in [-0.05, 0) is 62.2 Å². The zero-order valence-electron chi connectivity index (χ0n) is 21.0. The molecule has 9 heteroatoms. The van der Waals surface area contributed by atoms with Crippen molar-refractivity contribution >= 4 is 34.3 Å². The van der Waals surface area contributed by atoms with Gasteiger partial charge in [-0.2, -0.15) is 0 Å². The number of hydrogen-bond acceptors (Lipinski definition) is 5. The minimum atomic E-state index is -1.28. The number of rotatable bonds is 8. The zero-order chi connectivity index (χ0) is 26.6. The molecule has 0 bridgehead atoms. The van der Waals surface area contributed by atoms with Gasteiger partial charge >= 0.3 is 0 Å². The Bertz CT molecular complexity index is 1480. The number of fused-ring (bicyclic) bond motifs is 1. The number of anilines is 1. The van der Waals surface area contributed by atoms with Crippen LogP contribution in [0.15, 0.2) is 72.8 Å². The maximum atomic E-state index is 15.2. The molecule has 1 aromatic heterocycles. The Kier molecular flexibility index (Phi) is 7.26. The van der Waals surface area contributed by atoms with E-state index in [0.29, 0.717) is 22.3 Å². The van der Waals surface area contributed by atoms with E-state index in [9.17, 15) is 14.4 Å². The van der Waals surface area contributed by atoms with E-state index in [1.54, 1.807) is 48.5 Å². The van der Waals surface area contributed by atoms with Gasteiger partial charge in [0.25, 0.3) is 0 Å². The van der Waals surface area contributed by atoms with Gasteiger partial charge in [-0.25, -0.2) is 9.07 Å². The lowest BCUT2D eigenvalue weighted by Crippen LogP contribution is -2.47. The number of amides is 2. The molecular weight excluding hydrogens is 485 g/mol. The highest BCUT2D eigenvalue weighted by Crippen LogP contribution is 2.31. The van der Waals surface area contributed by atoms with Crippen LogP contribution in [0.1, 0.15) is 54.6 Å². The van der Waals surface area contributed by atoms with E-state index in [4.69, 9.17) is 0 Å². The SMILES string of the molecule is CC(=O)c1ccc(N(C(=O)Cn2nnc3ccccc32)C(C(=O)NC2CCCC2)c2ccccc2F)cc1. The molecule has 0 spiro atoms. The molecule has 0 aliphatic heterocycles. The molecule has 0 saturated heterocycles. The van der Waals surface area contributed by atoms with E-state index in [1.807, 2.05) is 12.1 Å². The van der Waals surface area contributed by atoms with Gasteiger partial charge in [-0.3, -0.25) is 19.3 Å². The fraction of sp³-hybridized carbons (Fsp3) is 0.276. The van der Waals surface area contributed by atoms with Crippen LogP contribution >= 0.6 is 0 Å². The van der Waals surface area contributed by atoms with Gasteiger partial charge in [0, 0.05) is 22.9 Å². The summed E-state index contributed by atoms with van der Waals surface area (Å²) in [5.74, 6) is -1.67. The first-order valence-electron chi connectivity index (χ1n) is 12.7. The number of Topliss-reactive ketones (excluding diaryl/α,β-unsaturated/α-hetero) is 1. The standard InChI is InChI=1S/C29H28FN5O3/c1-19(36)20-14-16-22(17-15-20)35(27(37)18-34-26-13-7-6-12-25(26)32-33-34)28(23-10-4-5-11-24(23)30)29(38)31-21-8-2-3-9-21/h4-7,10-17,21,28H,2-3,8-9,18H2,1H3,(H,31,38). The predicted molar refractivity (Wildman–Crippen MR) is 141 cm³/mol. The van der Waals surface area contributed by atoms with Crippen molar-refractivity contribution in [1.82, 2.24) is 20.3 Å². The van der Waals surface area contributed by atoms with Crippen molar-refractivity contribution in [2.45, 2.75) is 51.2 Å². The molecular formula is C29H28FN5O3. The van der Waals surface area contributed by atoms with E-state index in [1.165, 1.54) is 28.6 Å². The van der Waals surface area contributed by atoms with Crippen molar-refractivity contribution in [3.05, 3.63) is 89.7 Å². The number of hydrogen-bond donors (Lipinski definition) is 1. The van der Waals surface area contributed by atoms with Crippen molar-refractivity contribution in [2.75, 3.05) is 4.90 Å². The Labute approximate surface area is 219 Å². The second-order valence-corrected chi connectivity index (χ2v) is 9.52. The Morgan fingerprint density at radius 1 is 1.00 bits per heavy atom. The van der Waals surface area contributed by atoms with Crippen LogP contribution in [0.4, 0.5) is 10.1 Å². The predicted octanol–water partition coefficient (Wildman–Crippen LogP) is 4.61. The van der Waals surface area contributed by atoms with Crippen LogP contribution in [0.3, 0.4) is 0 Å². The number of nitrogens with zero attached hydrogens (tertiary/aromatic N) is 4. The van der Waals surface area contributed by atoms with Crippen LogP contribution in [0.2, 0.25) is 0 Å². The van der Waals surface area contributed by atoms with E-state index in [-0.39, 0.29) is 23.9 Å². The summed E-state index contributed by atoms with van der Waals surface area (Å²) in [5.41, 5.74) is 2.18. The number of halogens is 1. The molecule has 1 unspecified atom stereocenters. The summed E-state index contributed by atoms with van der Waals surface area (Å²) in [4.78, 5) is 41.0. The number of nitrogens with one attached hydrogen (secondary N) is 1. The van der Waals surface area contributed by atoms with Crippen molar-refractivity contribution in [3.8, 4) is 0 Å². The quantitative estimate of drug-likeness (QED) is 0.347. The first-order valence-corrected chi connectivity index (χ1v) is 12.7. The Balaban J connectivity index is 1.59. The summed E-state index contributed by atoms with van der Waals surface area (Å²) in [5, 5.41) is 11.3. The molecule has 1 aliphatic rings. The molecule has 38 heavy (non-hydrogen) atoms. The van der Waals surface area contributed by atoms with Crippen LogP contribution in [0.25, 0.3) is 11.0 Å². The average molecular weight is 514 g/mol. The first kappa shape index (κ1) is 25.3. The maximum Gasteiger partial charge on any atom is 0.249 e. The molecule has 194 valence electrons. The smallest absolute Gasteiger partial charge is 0.249 e. The normalized spacial score (nSPS) is 14.4. The lowest BCUT2D eigenvalue weighted by molar-refractivity contribution is -0.127. The van der Waals surface area contributed by atoms with Crippen molar-refractivity contribution in [2.24, 2.45) is 0 Å². The summed E-state index contributed by atoms with van der Waals surface area (Å²) in [6, 6.07) is 18.3. The van der Waals surface area contributed by atoms with Crippen molar-refractivity contribution < 1.29 is 18.8 Å². The first-order chi connectivity index (χ1) is 18.4. The highest BCUT2D eigenvalue weighted by Gasteiger charge is 2.36. The monoisotopic (exact) mass is 513 g/mol. The third kappa shape index (κ3) is 5.18. The number of benzene rings is 3. The summed E-state index contributed by atoms with van der Waals surface area (Å²) in [6.07, 6.45) is 3.68. The minimum absolute atomic E-state index is 0.0342. The molecule has 1 heterocycles. The average Bonchev–Trinajstić information content (AvgIpc) is 3.58. The molecule has 5 rings (SSSR count). The number of aromatic nitrogens is 3. The van der Waals surface area contributed by atoms with Gasteiger partial charge in [-0.1, -0.05) is 48.4 Å². The minimum Gasteiger partial charge on any atom is -0.351 e. The highest BCUT2D eigenvalue weighted by molar-refractivity contribution is 6.02. The Hall–Kier alpha value is -4.40.